The van der Waals surface area contributed by atoms with Crippen molar-refractivity contribution >= 4 is 23.4 Å². The summed E-state index contributed by atoms with van der Waals surface area (Å²) in [4.78, 5) is 11.6. The minimum absolute atomic E-state index is 0.113. The number of ether oxygens (including phenoxy) is 1. The topological polar surface area (TPSA) is 81.0 Å². The zero-order valence-corrected chi connectivity index (χ0v) is 9.78. The summed E-state index contributed by atoms with van der Waals surface area (Å²) in [6.07, 6.45) is 0. The number of benzene rings is 1. The number of H-pyrrole nitrogens is 1. The van der Waals surface area contributed by atoms with Crippen molar-refractivity contribution in [2.75, 3.05) is 12.8 Å². The normalized spacial score (nSPS) is 10.2. The summed E-state index contributed by atoms with van der Waals surface area (Å²) in [5.74, 6) is -0.414. The van der Waals surface area contributed by atoms with E-state index in [9.17, 15) is 4.79 Å². The van der Waals surface area contributed by atoms with E-state index < -0.39 is 5.97 Å². The molecule has 0 saturated heterocycles. The molecule has 5 nitrogen and oxygen atoms in total. The summed E-state index contributed by atoms with van der Waals surface area (Å²) >= 11 is 5.79. The molecule has 88 valence electrons. The Bertz CT molecular complexity index is 548. The van der Waals surface area contributed by atoms with Crippen LogP contribution in [-0.2, 0) is 4.74 Å². The number of carbonyl (C=O) groups is 1. The van der Waals surface area contributed by atoms with Crippen LogP contribution in [-0.4, -0.2) is 23.3 Å². The molecule has 0 radical (unpaired) electrons. The average Bonchev–Trinajstić information content (AvgIpc) is 2.71. The lowest BCUT2D eigenvalue weighted by molar-refractivity contribution is 0.0603. The number of halogens is 1. The van der Waals surface area contributed by atoms with Gasteiger partial charge in [0.15, 0.2) is 5.82 Å². The van der Waals surface area contributed by atoms with Crippen LogP contribution in [0.15, 0.2) is 24.3 Å². The van der Waals surface area contributed by atoms with Crippen LogP contribution in [0.25, 0.3) is 11.3 Å². The summed E-state index contributed by atoms with van der Waals surface area (Å²) < 4.78 is 4.66. The van der Waals surface area contributed by atoms with Crippen molar-refractivity contribution in [2.24, 2.45) is 0 Å². The van der Waals surface area contributed by atoms with E-state index >= 15 is 0 Å². The van der Waals surface area contributed by atoms with Crippen LogP contribution >= 0.6 is 11.6 Å². The van der Waals surface area contributed by atoms with Crippen molar-refractivity contribution in [3.05, 3.63) is 34.9 Å². The Morgan fingerprint density at radius 2 is 2.06 bits per heavy atom. The molecule has 0 unspecified atom stereocenters. The number of nitrogens with two attached hydrogens (primary N) is 1. The summed E-state index contributed by atoms with van der Waals surface area (Å²) in [6, 6.07) is 6.97. The molecule has 0 aliphatic heterocycles. The predicted octanol–water partition coefficient (Wildman–Crippen LogP) is 2.10. The van der Waals surface area contributed by atoms with E-state index in [0.717, 1.165) is 5.56 Å². The molecule has 2 rings (SSSR count). The van der Waals surface area contributed by atoms with Gasteiger partial charge in [-0.1, -0.05) is 23.7 Å². The third kappa shape index (κ3) is 2.09. The van der Waals surface area contributed by atoms with Crippen LogP contribution in [0, 0.1) is 0 Å². The molecule has 6 heteroatoms. The first-order valence-corrected chi connectivity index (χ1v) is 5.19. The van der Waals surface area contributed by atoms with Gasteiger partial charge in [0.1, 0.15) is 5.56 Å². The largest absolute Gasteiger partial charge is 0.465 e. The van der Waals surface area contributed by atoms with Crippen molar-refractivity contribution in [1.29, 1.82) is 0 Å². The molecule has 1 heterocycles. The van der Waals surface area contributed by atoms with E-state index in [1.54, 1.807) is 24.3 Å². The number of hydrogen-bond acceptors (Lipinski definition) is 4. The first-order valence-electron chi connectivity index (χ1n) is 4.81. The van der Waals surface area contributed by atoms with Crippen LogP contribution < -0.4 is 5.73 Å². The Labute approximate surface area is 103 Å². The van der Waals surface area contributed by atoms with E-state index in [4.69, 9.17) is 17.3 Å². The fourth-order valence-electron chi connectivity index (χ4n) is 1.49. The number of methoxy groups -OCH3 is 1. The highest BCUT2D eigenvalue weighted by Crippen LogP contribution is 2.26. The predicted molar refractivity (Wildman–Crippen MR) is 64.8 cm³/mol. The standard InChI is InChI=1S/C11H10ClN3O2/c1-17-11(16)8-9(14-15-10(8)13)6-2-4-7(12)5-3-6/h2-5H,1H3,(H3,13,14,15). The number of anilines is 1. The lowest BCUT2D eigenvalue weighted by Gasteiger charge is -2.02. The Morgan fingerprint density at radius 3 is 2.65 bits per heavy atom. The average molecular weight is 252 g/mol. The molecule has 0 saturated carbocycles. The Hall–Kier alpha value is -2.01. The zero-order valence-electron chi connectivity index (χ0n) is 9.03. The van der Waals surface area contributed by atoms with E-state index in [1.165, 1.54) is 7.11 Å². The number of aromatic amines is 1. The molecule has 2 aromatic rings. The van der Waals surface area contributed by atoms with E-state index in [1.807, 2.05) is 0 Å². The van der Waals surface area contributed by atoms with Crippen molar-refractivity contribution in [3.63, 3.8) is 0 Å². The SMILES string of the molecule is COC(=O)c1c(N)n[nH]c1-c1ccc(Cl)cc1. The number of nitrogens with one attached hydrogen (secondary N) is 1. The third-order valence-electron chi connectivity index (χ3n) is 2.32. The van der Waals surface area contributed by atoms with Gasteiger partial charge in [-0.2, -0.15) is 5.10 Å². The van der Waals surface area contributed by atoms with Gasteiger partial charge in [0.25, 0.3) is 0 Å². The molecule has 0 fully saturated rings. The fraction of sp³-hybridized carbons (Fsp3) is 0.0909. The molecule has 0 spiro atoms. The highest BCUT2D eigenvalue weighted by Gasteiger charge is 2.20. The fourth-order valence-corrected chi connectivity index (χ4v) is 1.62. The maximum absolute atomic E-state index is 11.6. The smallest absolute Gasteiger partial charge is 0.343 e. The van der Waals surface area contributed by atoms with Crippen LogP contribution in [0.4, 0.5) is 5.82 Å². The van der Waals surface area contributed by atoms with E-state index in [-0.39, 0.29) is 11.4 Å². The van der Waals surface area contributed by atoms with E-state index in [2.05, 4.69) is 14.9 Å². The summed E-state index contributed by atoms with van der Waals surface area (Å²) in [7, 11) is 1.29. The van der Waals surface area contributed by atoms with Gasteiger partial charge >= 0.3 is 5.97 Å². The molecule has 0 amide bonds. The molecule has 0 bridgehead atoms. The van der Waals surface area contributed by atoms with E-state index in [0.29, 0.717) is 10.7 Å². The van der Waals surface area contributed by atoms with Crippen molar-refractivity contribution in [1.82, 2.24) is 10.2 Å². The Balaban J connectivity index is 2.52. The van der Waals surface area contributed by atoms with Gasteiger partial charge in [-0.25, -0.2) is 4.79 Å². The van der Waals surface area contributed by atoms with Gasteiger partial charge in [0.05, 0.1) is 12.8 Å². The second-order valence-corrected chi connectivity index (χ2v) is 3.79. The summed E-state index contributed by atoms with van der Waals surface area (Å²) in [5, 5.41) is 7.12. The summed E-state index contributed by atoms with van der Waals surface area (Å²) in [5.41, 5.74) is 7.13. The highest BCUT2D eigenvalue weighted by atomic mass is 35.5. The first-order chi connectivity index (χ1) is 8.13. The molecule has 17 heavy (non-hydrogen) atoms. The van der Waals surface area contributed by atoms with Crippen LogP contribution in [0.1, 0.15) is 10.4 Å². The maximum atomic E-state index is 11.6. The van der Waals surface area contributed by atoms with Gasteiger partial charge in [-0.15, -0.1) is 0 Å². The maximum Gasteiger partial charge on any atom is 0.343 e. The lowest BCUT2D eigenvalue weighted by Crippen LogP contribution is -2.05. The van der Waals surface area contributed by atoms with Crippen LogP contribution in [0.3, 0.4) is 0 Å². The van der Waals surface area contributed by atoms with Crippen LogP contribution in [0.5, 0.6) is 0 Å². The summed E-state index contributed by atoms with van der Waals surface area (Å²) in [6.45, 7) is 0. The molecule has 3 N–H and O–H groups in total. The molecule has 1 aromatic heterocycles. The highest BCUT2D eigenvalue weighted by molar-refractivity contribution is 6.30. The Kier molecular flexibility index (Phi) is 3.01. The zero-order chi connectivity index (χ0) is 12.4. The number of hydrogen-bond donors (Lipinski definition) is 2. The molecule has 1 aromatic carbocycles. The molecular weight excluding hydrogens is 242 g/mol. The van der Waals surface area contributed by atoms with Crippen molar-refractivity contribution in [3.8, 4) is 11.3 Å². The lowest BCUT2D eigenvalue weighted by atomic mass is 10.1. The molecule has 0 atom stereocenters. The number of aromatic nitrogens is 2. The van der Waals surface area contributed by atoms with Gasteiger partial charge in [0.2, 0.25) is 0 Å². The number of rotatable bonds is 2. The van der Waals surface area contributed by atoms with Gasteiger partial charge < -0.3 is 10.5 Å². The third-order valence-corrected chi connectivity index (χ3v) is 2.57. The van der Waals surface area contributed by atoms with Crippen molar-refractivity contribution in [2.45, 2.75) is 0 Å². The minimum Gasteiger partial charge on any atom is -0.465 e. The van der Waals surface area contributed by atoms with Gasteiger partial charge in [-0.3, -0.25) is 5.10 Å². The monoisotopic (exact) mass is 251 g/mol. The second kappa shape index (κ2) is 4.47. The molecular formula is C11H10ClN3O2. The van der Waals surface area contributed by atoms with Gasteiger partial charge in [-0.05, 0) is 12.1 Å². The second-order valence-electron chi connectivity index (χ2n) is 3.36. The number of nitrogen functional groups attached to an aromatic ring is 1. The Morgan fingerprint density at radius 1 is 1.41 bits per heavy atom. The number of esters is 1. The first kappa shape index (κ1) is 11.5. The quantitative estimate of drug-likeness (QED) is 0.801. The van der Waals surface area contributed by atoms with Gasteiger partial charge in [0, 0.05) is 10.6 Å². The molecule has 0 aliphatic carbocycles. The minimum atomic E-state index is -0.527. The number of carbonyl (C=O) groups excluding carboxylic acids is 1. The molecule has 0 aliphatic rings. The van der Waals surface area contributed by atoms with Crippen molar-refractivity contribution < 1.29 is 9.53 Å². The number of nitrogens with zero attached hydrogens (tertiary/aromatic N) is 1. The van der Waals surface area contributed by atoms with Crippen LogP contribution in [0.2, 0.25) is 5.02 Å².